The number of rotatable bonds is 3. The van der Waals surface area contributed by atoms with Crippen molar-refractivity contribution < 1.29 is 4.79 Å². The monoisotopic (exact) mass is 247 g/mol. The van der Waals surface area contributed by atoms with Crippen LogP contribution in [0.5, 0.6) is 0 Å². The highest BCUT2D eigenvalue weighted by molar-refractivity contribution is 5.77. The molecule has 18 heavy (non-hydrogen) atoms. The predicted molar refractivity (Wildman–Crippen MR) is 71.2 cm³/mol. The maximum Gasteiger partial charge on any atom is 0.224 e. The Hall–Kier alpha value is -1.58. The maximum atomic E-state index is 12.2. The molecule has 1 aromatic rings. The molecule has 0 saturated carbocycles. The Labute approximate surface area is 108 Å². The molecular formula is C14H21N3O. The summed E-state index contributed by atoms with van der Waals surface area (Å²) in [6.07, 6.45) is 7.42. The minimum absolute atomic E-state index is 0.173. The van der Waals surface area contributed by atoms with E-state index >= 15 is 0 Å². The summed E-state index contributed by atoms with van der Waals surface area (Å²) in [6.45, 7) is 7.78. The number of carbonyl (C=O) groups excluding carboxylic acids is 1. The van der Waals surface area contributed by atoms with Gasteiger partial charge in [-0.25, -0.2) is 4.98 Å². The van der Waals surface area contributed by atoms with E-state index in [9.17, 15) is 4.79 Å². The quantitative estimate of drug-likeness (QED) is 0.769. The molecule has 0 aromatic carbocycles. The fourth-order valence-electron chi connectivity index (χ4n) is 2.33. The number of carbonyl (C=O) groups is 1. The van der Waals surface area contributed by atoms with Crippen LogP contribution in [0, 0.1) is 6.92 Å². The topological polar surface area (TPSA) is 38.1 Å². The highest BCUT2D eigenvalue weighted by atomic mass is 16.2. The number of nitrogens with zero attached hydrogens (tertiary/aromatic N) is 3. The van der Waals surface area contributed by atoms with Gasteiger partial charge in [-0.3, -0.25) is 4.79 Å². The number of aromatic nitrogens is 2. The lowest BCUT2D eigenvalue weighted by Crippen LogP contribution is -2.35. The third-order valence-corrected chi connectivity index (χ3v) is 3.60. The Morgan fingerprint density at radius 1 is 1.50 bits per heavy atom. The van der Waals surface area contributed by atoms with Crippen LogP contribution in [-0.4, -0.2) is 33.4 Å². The lowest BCUT2D eigenvalue weighted by atomic mass is 10.1. The van der Waals surface area contributed by atoms with Crippen LogP contribution in [-0.2, 0) is 4.79 Å². The molecule has 0 spiro atoms. The van der Waals surface area contributed by atoms with Crippen LogP contribution in [0.15, 0.2) is 24.0 Å². The molecule has 1 aromatic heterocycles. The summed E-state index contributed by atoms with van der Waals surface area (Å²) in [6, 6.07) is 0.173. The zero-order valence-electron chi connectivity index (χ0n) is 11.4. The van der Waals surface area contributed by atoms with E-state index in [-0.39, 0.29) is 11.9 Å². The smallest absolute Gasteiger partial charge is 0.224 e. The Bertz CT molecular complexity index is 461. The second-order valence-electron chi connectivity index (χ2n) is 5.08. The van der Waals surface area contributed by atoms with Crippen LogP contribution in [0.2, 0.25) is 0 Å². The van der Waals surface area contributed by atoms with Crippen molar-refractivity contribution in [2.45, 2.75) is 39.7 Å². The van der Waals surface area contributed by atoms with E-state index < -0.39 is 0 Å². The van der Waals surface area contributed by atoms with Gasteiger partial charge >= 0.3 is 0 Å². The number of aryl methyl sites for hydroxylation is 1. The summed E-state index contributed by atoms with van der Waals surface area (Å²) >= 11 is 0. The SMILES string of the molecule is CC1=CCN(C(=O)C[C@@H](C)n2ccnc2C)CC1. The number of imidazole rings is 1. The highest BCUT2D eigenvalue weighted by Gasteiger charge is 2.19. The molecule has 0 bridgehead atoms. The van der Waals surface area contributed by atoms with Crippen LogP contribution in [0.1, 0.15) is 38.6 Å². The summed E-state index contributed by atoms with van der Waals surface area (Å²) < 4.78 is 2.06. The van der Waals surface area contributed by atoms with Crippen LogP contribution in [0.4, 0.5) is 0 Å². The molecule has 0 unspecified atom stereocenters. The van der Waals surface area contributed by atoms with E-state index in [2.05, 4.69) is 29.5 Å². The standard InChI is InChI=1S/C14H21N3O/c1-11-4-7-16(8-5-11)14(18)10-12(2)17-9-6-15-13(17)3/h4,6,9,12H,5,7-8,10H2,1-3H3/t12-/m1/s1. The summed E-state index contributed by atoms with van der Waals surface area (Å²) in [7, 11) is 0. The lowest BCUT2D eigenvalue weighted by molar-refractivity contribution is -0.131. The molecule has 4 heteroatoms. The minimum Gasteiger partial charge on any atom is -0.339 e. The fraction of sp³-hybridized carbons (Fsp3) is 0.571. The molecule has 0 aliphatic carbocycles. The number of hydrogen-bond acceptors (Lipinski definition) is 2. The van der Waals surface area contributed by atoms with Gasteiger partial charge in [-0.05, 0) is 27.2 Å². The maximum absolute atomic E-state index is 12.2. The third kappa shape index (κ3) is 2.81. The molecule has 0 N–H and O–H groups in total. The molecule has 0 saturated heterocycles. The number of hydrogen-bond donors (Lipinski definition) is 0. The van der Waals surface area contributed by atoms with Crippen LogP contribution >= 0.6 is 0 Å². The molecule has 2 rings (SSSR count). The summed E-state index contributed by atoms with van der Waals surface area (Å²) in [5, 5.41) is 0. The lowest BCUT2D eigenvalue weighted by Gasteiger charge is -2.27. The Balaban J connectivity index is 1.94. The Morgan fingerprint density at radius 3 is 2.83 bits per heavy atom. The van der Waals surface area contributed by atoms with Crippen LogP contribution in [0.3, 0.4) is 0 Å². The molecular weight excluding hydrogens is 226 g/mol. The predicted octanol–water partition coefficient (Wildman–Crippen LogP) is 2.32. The second kappa shape index (κ2) is 5.38. The largest absolute Gasteiger partial charge is 0.339 e. The zero-order valence-corrected chi connectivity index (χ0v) is 11.4. The Kier molecular flexibility index (Phi) is 3.84. The van der Waals surface area contributed by atoms with Crippen molar-refractivity contribution in [3.8, 4) is 0 Å². The first-order valence-electron chi connectivity index (χ1n) is 6.50. The van der Waals surface area contributed by atoms with Gasteiger partial charge in [-0.15, -0.1) is 0 Å². The number of amides is 1. The minimum atomic E-state index is 0.173. The van der Waals surface area contributed by atoms with E-state index in [1.807, 2.05) is 18.0 Å². The van der Waals surface area contributed by atoms with E-state index in [0.29, 0.717) is 6.42 Å². The normalized spacial score (nSPS) is 17.5. The van der Waals surface area contributed by atoms with Gasteiger partial charge in [-0.1, -0.05) is 11.6 Å². The first-order chi connectivity index (χ1) is 8.58. The van der Waals surface area contributed by atoms with Crippen LogP contribution in [0.25, 0.3) is 0 Å². The summed E-state index contributed by atoms with van der Waals surface area (Å²) in [5.41, 5.74) is 1.39. The third-order valence-electron chi connectivity index (χ3n) is 3.60. The molecule has 2 heterocycles. The average Bonchev–Trinajstić information content (AvgIpc) is 2.76. The van der Waals surface area contributed by atoms with Crippen molar-refractivity contribution in [3.63, 3.8) is 0 Å². The summed E-state index contributed by atoms with van der Waals surface area (Å²) in [5.74, 6) is 1.20. The molecule has 1 aliphatic rings. The van der Waals surface area contributed by atoms with E-state index in [4.69, 9.17) is 0 Å². The zero-order chi connectivity index (χ0) is 13.1. The van der Waals surface area contributed by atoms with Crippen molar-refractivity contribution in [2.24, 2.45) is 0 Å². The van der Waals surface area contributed by atoms with Gasteiger partial charge in [-0.2, -0.15) is 0 Å². The van der Waals surface area contributed by atoms with Gasteiger partial charge in [0.2, 0.25) is 5.91 Å². The molecule has 1 aliphatic heterocycles. The molecule has 4 nitrogen and oxygen atoms in total. The first-order valence-corrected chi connectivity index (χ1v) is 6.50. The fourth-order valence-corrected chi connectivity index (χ4v) is 2.33. The van der Waals surface area contributed by atoms with E-state index in [1.54, 1.807) is 6.20 Å². The van der Waals surface area contributed by atoms with Crippen molar-refractivity contribution in [3.05, 3.63) is 29.9 Å². The van der Waals surface area contributed by atoms with E-state index in [1.165, 1.54) is 5.57 Å². The molecule has 1 atom stereocenters. The molecule has 0 radical (unpaired) electrons. The van der Waals surface area contributed by atoms with Gasteiger partial charge in [0.1, 0.15) is 5.82 Å². The van der Waals surface area contributed by atoms with Gasteiger partial charge in [0, 0.05) is 37.9 Å². The summed E-state index contributed by atoms with van der Waals surface area (Å²) in [4.78, 5) is 18.3. The molecule has 1 amide bonds. The molecule has 0 fully saturated rings. The van der Waals surface area contributed by atoms with Crippen molar-refractivity contribution in [2.75, 3.05) is 13.1 Å². The highest BCUT2D eigenvalue weighted by Crippen LogP contribution is 2.17. The van der Waals surface area contributed by atoms with Gasteiger partial charge in [0.15, 0.2) is 0 Å². The van der Waals surface area contributed by atoms with Crippen molar-refractivity contribution in [1.82, 2.24) is 14.5 Å². The Morgan fingerprint density at radius 2 is 2.28 bits per heavy atom. The van der Waals surface area contributed by atoms with Gasteiger partial charge < -0.3 is 9.47 Å². The van der Waals surface area contributed by atoms with Crippen LogP contribution < -0.4 is 0 Å². The van der Waals surface area contributed by atoms with Gasteiger partial charge in [0.25, 0.3) is 0 Å². The first kappa shape index (κ1) is 12.9. The second-order valence-corrected chi connectivity index (χ2v) is 5.08. The van der Waals surface area contributed by atoms with E-state index in [0.717, 1.165) is 25.3 Å². The van der Waals surface area contributed by atoms with Crippen molar-refractivity contribution >= 4 is 5.91 Å². The molecule has 98 valence electrons. The van der Waals surface area contributed by atoms with Crippen molar-refractivity contribution in [1.29, 1.82) is 0 Å². The average molecular weight is 247 g/mol. The van der Waals surface area contributed by atoms with Gasteiger partial charge in [0.05, 0.1) is 0 Å².